The Balaban J connectivity index is 2.23. The van der Waals surface area contributed by atoms with Crippen molar-refractivity contribution in [2.45, 2.75) is 27.7 Å². The Morgan fingerprint density at radius 1 is 1.21 bits per heavy atom. The van der Waals surface area contributed by atoms with Crippen LogP contribution in [-0.4, -0.2) is 16.2 Å². The first-order valence-corrected chi connectivity index (χ1v) is 7.68. The average Bonchev–Trinajstić information content (AvgIpc) is 2.95. The standard InChI is InChI=1S/C20H21NO3/c1-13(11-19(22)23)7-5-8-14(2)18-12-17(21-24-18)20-15(3)9-6-10-16(20)4/h5-12H,1-4H3,(H,22,23). The first-order valence-electron chi connectivity index (χ1n) is 7.68. The zero-order valence-electron chi connectivity index (χ0n) is 14.3. The molecule has 0 radical (unpaired) electrons. The number of carboxylic acids is 1. The number of aryl methyl sites for hydroxylation is 2. The summed E-state index contributed by atoms with van der Waals surface area (Å²) in [6.45, 7) is 7.77. The normalized spacial score (nSPS) is 12.8. The van der Waals surface area contributed by atoms with E-state index in [1.807, 2.05) is 25.1 Å². The molecule has 0 bridgehead atoms. The van der Waals surface area contributed by atoms with E-state index in [2.05, 4.69) is 31.1 Å². The molecular weight excluding hydrogens is 302 g/mol. The second-order valence-electron chi connectivity index (χ2n) is 5.78. The summed E-state index contributed by atoms with van der Waals surface area (Å²) in [5.41, 5.74) is 5.81. The summed E-state index contributed by atoms with van der Waals surface area (Å²) in [5, 5.41) is 12.9. The zero-order valence-corrected chi connectivity index (χ0v) is 14.3. The maximum Gasteiger partial charge on any atom is 0.328 e. The summed E-state index contributed by atoms with van der Waals surface area (Å²) in [7, 11) is 0. The Morgan fingerprint density at radius 3 is 2.50 bits per heavy atom. The molecule has 1 aromatic carbocycles. The molecule has 2 rings (SSSR count). The molecule has 0 aliphatic heterocycles. The van der Waals surface area contributed by atoms with Gasteiger partial charge in [0.15, 0.2) is 5.76 Å². The van der Waals surface area contributed by atoms with E-state index in [1.54, 1.807) is 19.1 Å². The number of benzene rings is 1. The Kier molecular flexibility index (Phi) is 5.53. The highest BCUT2D eigenvalue weighted by Crippen LogP contribution is 2.28. The minimum Gasteiger partial charge on any atom is -0.478 e. The SMILES string of the molecule is CC(C=CC=C(C)c1cc(-c2c(C)cccc2C)no1)=CC(=O)O. The van der Waals surface area contributed by atoms with Crippen LogP contribution >= 0.6 is 0 Å². The van der Waals surface area contributed by atoms with Crippen LogP contribution in [0.15, 0.2) is 58.7 Å². The third-order valence-electron chi connectivity index (χ3n) is 3.69. The van der Waals surface area contributed by atoms with Gasteiger partial charge in [-0.2, -0.15) is 0 Å². The average molecular weight is 323 g/mol. The maximum absolute atomic E-state index is 10.6. The summed E-state index contributed by atoms with van der Waals surface area (Å²) < 4.78 is 5.45. The molecule has 1 N–H and O–H groups in total. The van der Waals surface area contributed by atoms with Gasteiger partial charge in [-0.05, 0) is 50.0 Å². The van der Waals surface area contributed by atoms with E-state index in [0.717, 1.165) is 34.0 Å². The number of aromatic nitrogens is 1. The summed E-state index contributed by atoms with van der Waals surface area (Å²) >= 11 is 0. The summed E-state index contributed by atoms with van der Waals surface area (Å²) in [4.78, 5) is 10.6. The van der Waals surface area contributed by atoms with Crippen LogP contribution in [0.2, 0.25) is 0 Å². The highest BCUT2D eigenvalue weighted by Gasteiger charge is 2.11. The Bertz CT molecular complexity index is 818. The minimum absolute atomic E-state index is 0.667. The van der Waals surface area contributed by atoms with Gasteiger partial charge < -0.3 is 9.63 Å². The fraction of sp³-hybridized carbons (Fsp3) is 0.200. The minimum atomic E-state index is -0.952. The maximum atomic E-state index is 10.6. The highest BCUT2D eigenvalue weighted by atomic mass is 16.5. The van der Waals surface area contributed by atoms with Gasteiger partial charge in [-0.1, -0.05) is 41.6 Å². The molecule has 0 unspecified atom stereocenters. The lowest BCUT2D eigenvalue weighted by Gasteiger charge is -2.04. The highest BCUT2D eigenvalue weighted by molar-refractivity contribution is 5.81. The number of hydrogen-bond donors (Lipinski definition) is 1. The quantitative estimate of drug-likeness (QED) is 0.624. The molecule has 0 aliphatic rings. The largest absolute Gasteiger partial charge is 0.478 e. The lowest BCUT2D eigenvalue weighted by Crippen LogP contribution is -1.87. The smallest absolute Gasteiger partial charge is 0.328 e. The number of hydrogen-bond acceptors (Lipinski definition) is 3. The van der Waals surface area contributed by atoms with E-state index in [0.29, 0.717) is 11.3 Å². The van der Waals surface area contributed by atoms with E-state index in [9.17, 15) is 4.79 Å². The van der Waals surface area contributed by atoms with Crippen LogP contribution in [0, 0.1) is 13.8 Å². The van der Waals surface area contributed by atoms with Crippen molar-refractivity contribution in [1.82, 2.24) is 5.16 Å². The molecule has 4 heteroatoms. The summed E-state index contributed by atoms with van der Waals surface area (Å²) in [6.07, 6.45) is 6.56. The molecule has 0 saturated carbocycles. The molecule has 0 aliphatic carbocycles. The second kappa shape index (κ2) is 7.59. The van der Waals surface area contributed by atoms with Gasteiger partial charge in [0.1, 0.15) is 5.69 Å². The van der Waals surface area contributed by atoms with E-state index in [1.165, 1.54) is 0 Å². The van der Waals surface area contributed by atoms with Crippen molar-refractivity contribution in [3.63, 3.8) is 0 Å². The van der Waals surface area contributed by atoms with Crippen molar-refractivity contribution in [2.24, 2.45) is 0 Å². The van der Waals surface area contributed by atoms with E-state index in [-0.39, 0.29) is 0 Å². The molecule has 24 heavy (non-hydrogen) atoms. The van der Waals surface area contributed by atoms with Crippen LogP contribution in [0.1, 0.15) is 30.7 Å². The van der Waals surface area contributed by atoms with E-state index in [4.69, 9.17) is 9.63 Å². The van der Waals surface area contributed by atoms with Gasteiger partial charge in [0.25, 0.3) is 0 Å². The number of carbonyl (C=O) groups is 1. The Morgan fingerprint density at radius 2 is 1.88 bits per heavy atom. The Labute approximate surface area is 141 Å². The van der Waals surface area contributed by atoms with Gasteiger partial charge >= 0.3 is 5.97 Å². The van der Waals surface area contributed by atoms with Gasteiger partial charge in [-0.3, -0.25) is 0 Å². The van der Waals surface area contributed by atoms with Crippen LogP contribution in [0.4, 0.5) is 0 Å². The third-order valence-corrected chi connectivity index (χ3v) is 3.69. The van der Waals surface area contributed by atoms with Gasteiger partial charge in [-0.25, -0.2) is 4.79 Å². The van der Waals surface area contributed by atoms with E-state index < -0.39 is 5.97 Å². The van der Waals surface area contributed by atoms with Crippen molar-refractivity contribution in [3.05, 3.63) is 71.0 Å². The first-order chi connectivity index (χ1) is 11.4. The van der Waals surface area contributed by atoms with E-state index >= 15 is 0 Å². The zero-order chi connectivity index (χ0) is 17.7. The monoisotopic (exact) mass is 323 g/mol. The molecule has 0 saturated heterocycles. The molecule has 0 atom stereocenters. The molecule has 0 spiro atoms. The fourth-order valence-electron chi connectivity index (χ4n) is 2.47. The molecule has 4 nitrogen and oxygen atoms in total. The van der Waals surface area contributed by atoms with Crippen molar-refractivity contribution >= 4 is 11.5 Å². The topological polar surface area (TPSA) is 63.3 Å². The number of aliphatic carboxylic acids is 1. The van der Waals surface area contributed by atoms with Crippen LogP contribution in [0.5, 0.6) is 0 Å². The number of rotatable bonds is 5. The summed E-state index contributed by atoms with van der Waals surface area (Å²) in [5.74, 6) is -0.261. The number of allylic oxidation sites excluding steroid dienone is 5. The molecular formula is C20H21NO3. The molecule has 2 aromatic rings. The van der Waals surface area contributed by atoms with Crippen molar-refractivity contribution in [2.75, 3.05) is 0 Å². The predicted octanol–water partition coefficient (Wildman–Crippen LogP) is 4.95. The molecule has 1 heterocycles. The van der Waals surface area contributed by atoms with Gasteiger partial charge in [0, 0.05) is 17.7 Å². The lowest BCUT2D eigenvalue weighted by atomic mass is 10.00. The summed E-state index contributed by atoms with van der Waals surface area (Å²) in [6, 6.07) is 8.06. The van der Waals surface area contributed by atoms with Crippen molar-refractivity contribution < 1.29 is 14.4 Å². The van der Waals surface area contributed by atoms with Gasteiger partial charge in [0.2, 0.25) is 0 Å². The van der Waals surface area contributed by atoms with Crippen LogP contribution < -0.4 is 0 Å². The van der Waals surface area contributed by atoms with Crippen molar-refractivity contribution in [3.8, 4) is 11.3 Å². The third kappa shape index (κ3) is 4.32. The number of carboxylic acid groups (broad SMARTS) is 1. The van der Waals surface area contributed by atoms with Gasteiger partial charge in [-0.15, -0.1) is 0 Å². The second-order valence-corrected chi connectivity index (χ2v) is 5.78. The van der Waals surface area contributed by atoms with Crippen LogP contribution in [0.25, 0.3) is 16.8 Å². The van der Waals surface area contributed by atoms with Crippen molar-refractivity contribution in [1.29, 1.82) is 0 Å². The van der Waals surface area contributed by atoms with Gasteiger partial charge in [0.05, 0.1) is 0 Å². The fourth-order valence-corrected chi connectivity index (χ4v) is 2.47. The molecule has 0 fully saturated rings. The molecule has 1 aromatic heterocycles. The van der Waals surface area contributed by atoms with Crippen LogP contribution in [0.3, 0.4) is 0 Å². The lowest BCUT2D eigenvalue weighted by molar-refractivity contribution is -0.131. The predicted molar refractivity (Wildman–Crippen MR) is 95.6 cm³/mol. The van der Waals surface area contributed by atoms with Crippen LogP contribution in [-0.2, 0) is 4.79 Å². The Hall–Kier alpha value is -2.88. The first kappa shape index (κ1) is 17.5. The molecule has 0 amide bonds. The molecule has 124 valence electrons. The number of nitrogens with zero attached hydrogens (tertiary/aromatic N) is 1.